The second kappa shape index (κ2) is 5.32. The van der Waals surface area contributed by atoms with Crippen LogP contribution in [0.1, 0.15) is 19.4 Å². The van der Waals surface area contributed by atoms with E-state index in [1.807, 2.05) is 47.1 Å². The summed E-state index contributed by atoms with van der Waals surface area (Å²) < 4.78 is 7.13. The summed E-state index contributed by atoms with van der Waals surface area (Å²) in [5.74, 6) is 0. The van der Waals surface area contributed by atoms with Gasteiger partial charge in [0, 0.05) is 23.5 Å². The van der Waals surface area contributed by atoms with Crippen LogP contribution in [0.5, 0.6) is 0 Å². The van der Waals surface area contributed by atoms with E-state index < -0.39 is 5.60 Å². The Morgan fingerprint density at radius 3 is 2.71 bits per heavy atom. The number of furan rings is 1. The van der Waals surface area contributed by atoms with E-state index in [4.69, 9.17) is 4.42 Å². The molecule has 0 saturated carbocycles. The first-order valence-electron chi connectivity index (χ1n) is 7.71. The van der Waals surface area contributed by atoms with Gasteiger partial charge in [-0.15, -0.1) is 0 Å². The average molecular weight is 319 g/mol. The van der Waals surface area contributed by atoms with Crippen molar-refractivity contribution >= 4 is 5.65 Å². The first-order valence-corrected chi connectivity index (χ1v) is 7.71. The van der Waals surface area contributed by atoms with Crippen molar-refractivity contribution in [2.45, 2.75) is 19.4 Å². The molecule has 0 amide bonds. The molecule has 4 heterocycles. The molecule has 0 saturated heterocycles. The molecule has 24 heavy (non-hydrogen) atoms. The van der Waals surface area contributed by atoms with Crippen LogP contribution in [0, 0.1) is 0 Å². The summed E-state index contributed by atoms with van der Waals surface area (Å²) in [6.45, 7) is 3.54. The lowest BCUT2D eigenvalue weighted by molar-refractivity contribution is 0.0782. The van der Waals surface area contributed by atoms with E-state index in [2.05, 4.69) is 9.97 Å². The van der Waals surface area contributed by atoms with Gasteiger partial charge >= 0.3 is 0 Å². The van der Waals surface area contributed by atoms with E-state index in [1.165, 1.54) is 0 Å². The Hall–Kier alpha value is -2.92. The number of hydrogen-bond acceptors (Lipinski definition) is 4. The number of aliphatic hydroxyl groups is 1. The van der Waals surface area contributed by atoms with E-state index in [-0.39, 0.29) is 0 Å². The third kappa shape index (κ3) is 2.49. The van der Waals surface area contributed by atoms with E-state index in [9.17, 15) is 5.11 Å². The number of hydrogen-bond donors (Lipinski definition) is 1. The van der Waals surface area contributed by atoms with Gasteiger partial charge < -0.3 is 9.52 Å². The normalized spacial score (nSPS) is 12.0. The average Bonchev–Trinajstić information content (AvgIpc) is 3.23. The first kappa shape index (κ1) is 14.7. The Kier molecular flexibility index (Phi) is 3.25. The van der Waals surface area contributed by atoms with Crippen LogP contribution < -0.4 is 0 Å². The highest BCUT2D eigenvalue weighted by Gasteiger charge is 2.17. The second-order valence-corrected chi connectivity index (χ2v) is 6.29. The van der Waals surface area contributed by atoms with Crippen LogP contribution in [0.25, 0.3) is 28.2 Å². The highest BCUT2D eigenvalue weighted by Crippen LogP contribution is 2.27. The van der Waals surface area contributed by atoms with E-state index in [0.717, 1.165) is 33.7 Å². The lowest BCUT2D eigenvalue weighted by Crippen LogP contribution is -2.16. The van der Waals surface area contributed by atoms with E-state index >= 15 is 0 Å². The van der Waals surface area contributed by atoms with Crippen molar-refractivity contribution in [3.8, 4) is 22.5 Å². The number of imidazole rings is 1. The molecule has 0 aliphatic carbocycles. The summed E-state index contributed by atoms with van der Waals surface area (Å²) in [6, 6.07) is 9.65. The fourth-order valence-electron chi connectivity index (χ4n) is 2.71. The summed E-state index contributed by atoms with van der Waals surface area (Å²) in [4.78, 5) is 8.85. The van der Waals surface area contributed by atoms with Gasteiger partial charge in [-0.25, -0.2) is 4.98 Å². The minimum absolute atomic E-state index is 0.832. The summed E-state index contributed by atoms with van der Waals surface area (Å²) in [7, 11) is 0. The number of fused-ring (bicyclic) bond motifs is 1. The maximum Gasteiger partial charge on any atom is 0.137 e. The molecule has 0 atom stereocenters. The van der Waals surface area contributed by atoms with Crippen molar-refractivity contribution in [3.63, 3.8) is 0 Å². The predicted octanol–water partition coefficient (Wildman–Crippen LogP) is 3.88. The van der Waals surface area contributed by atoms with Crippen molar-refractivity contribution in [1.82, 2.24) is 14.4 Å². The van der Waals surface area contributed by atoms with Gasteiger partial charge in [0.15, 0.2) is 0 Å². The van der Waals surface area contributed by atoms with Crippen LogP contribution >= 0.6 is 0 Å². The molecule has 120 valence electrons. The van der Waals surface area contributed by atoms with Gasteiger partial charge in [0.1, 0.15) is 5.65 Å². The van der Waals surface area contributed by atoms with Crippen molar-refractivity contribution in [2.75, 3.05) is 0 Å². The number of nitrogens with zero attached hydrogens (tertiary/aromatic N) is 3. The van der Waals surface area contributed by atoms with Gasteiger partial charge in [0.05, 0.1) is 35.7 Å². The first-order chi connectivity index (χ1) is 11.5. The van der Waals surface area contributed by atoms with E-state index in [1.54, 1.807) is 32.6 Å². The van der Waals surface area contributed by atoms with Gasteiger partial charge in [-0.3, -0.25) is 9.38 Å². The SMILES string of the molecule is CC(C)(O)c1ccc2ncc(-c3ccnc(-c4ccoc4)c3)n2c1. The lowest BCUT2D eigenvalue weighted by atomic mass is 10.0. The fraction of sp³-hybridized carbons (Fsp3) is 0.158. The molecule has 4 aromatic heterocycles. The standard InChI is InChI=1S/C19H17N3O2/c1-19(2,23)15-3-4-18-21-10-17(22(18)11-15)13-5-7-20-16(9-13)14-6-8-24-12-14/h3-12,23H,1-2H3. The largest absolute Gasteiger partial charge is 0.472 e. The molecule has 0 spiro atoms. The molecule has 5 heteroatoms. The molecule has 5 nitrogen and oxygen atoms in total. The highest BCUT2D eigenvalue weighted by molar-refractivity contribution is 5.69. The molecule has 0 unspecified atom stereocenters. The summed E-state index contributed by atoms with van der Waals surface area (Å²) in [5.41, 5.74) is 4.48. The molecule has 0 bridgehead atoms. The van der Waals surface area contributed by atoms with Crippen molar-refractivity contribution in [2.24, 2.45) is 0 Å². The Morgan fingerprint density at radius 2 is 1.96 bits per heavy atom. The zero-order chi connectivity index (χ0) is 16.7. The van der Waals surface area contributed by atoms with Crippen LogP contribution in [0.2, 0.25) is 0 Å². The second-order valence-electron chi connectivity index (χ2n) is 6.29. The minimum atomic E-state index is -0.907. The van der Waals surface area contributed by atoms with Crippen molar-refractivity contribution in [1.29, 1.82) is 0 Å². The fourth-order valence-corrected chi connectivity index (χ4v) is 2.71. The van der Waals surface area contributed by atoms with E-state index in [0.29, 0.717) is 0 Å². The molecule has 1 N–H and O–H groups in total. The third-order valence-corrected chi connectivity index (χ3v) is 4.08. The van der Waals surface area contributed by atoms with Gasteiger partial charge in [-0.1, -0.05) is 6.07 Å². The Morgan fingerprint density at radius 1 is 1.08 bits per heavy atom. The predicted molar refractivity (Wildman–Crippen MR) is 91.4 cm³/mol. The molecule has 0 aromatic carbocycles. The quantitative estimate of drug-likeness (QED) is 0.622. The van der Waals surface area contributed by atoms with Crippen LogP contribution in [0.4, 0.5) is 0 Å². The molecule has 0 fully saturated rings. The summed E-state index contributed by atoms with van der Waals surface area (Å²) >= 11 is 0. The maximum absolute atomic E-state index is 10.3. The van der Waals surface area contributed by atoms with Crippen molar-refractivity contribution in [3.05, 3.63) is 67.0 Å². The molecule has 0 aliphatic heterocycles. The van der Waals surface area contributed by atoms with Gasteiger partial charge in [0.2, 0.25) is 0 Å². The monoisotopic (exact) mass is 319 g/mol. The molecular weight excluding hydrogens is 302 g/mol. The topological polar surface area (TPSA) is 63.6 Å². The lowest BCUT2D eigenvalue weighted by Gasteiger charge is -2.18. The zero-order valence-corrected chi connectivity index (χ0v) is 13.5. The molecular formula is C19H17N3O2. The summed E-state index contributed by atoms with van der Waals surface area (Å²) in [6.07, 6.45) is 8.84. The van der Waals surface area contributed by atoms with Crippen LogP contribution in [-0.2, 0) is 5.60 Å². The van der Waals surface area contributed by atoms with Gasteiger partial charge in [-0.2, -0.15) is 0 Å². The summed E-state index contributed by atoms with van der Waals surface area (Å²) in [5, 5.41) is 10.3. The third-order valence-electron chi connectivity index (χ3n) is 4.08. The molecule has 0 radical (unpaired) electrons. The van der Waals surface area contributed by atoms with Gasteiger partial charge in [-0.05, 0) is 43.7 Å². The molecule has 4 rings (SSSR count). The Bertz CT molecular complexity index is 995. The highest BCUT2D eigenvalue weighted by atomic mass is 16.3. The Labute approximate surface area is 139 Å². The minimum Gasteiger partial charge on any atom is -0.472 e. The molecule has 4 aromatic rings. The van der Waals surface area contributed by atoms with Gasteiger partial charge in [0.25, 0.3) is 0 Å². The number of aromatic nitrogens is 3. The maximum atomic E-state index is 10.3. The van der Waals surface area contributed by atoms with Crippen molar-refractivity contribution < 1.29 is 9.52 Å². The zero-order valence-electron chi connectivity index (χ0n) is 13.5. The number of rotatable bonds is 3. The van der Waals surface area contributed by atoms with Crippen LogP contribution in [-0.4, -0.2) is 19.5 Å². The van der Waals surface area contributed by atoms with Crippen LogP contribution in [0.3, 0.4) is 0 Å². The Balaban J connectivity index is 1.86. The smallest absolute Gasteiger partial charge is 0.137 e. The molecule has 0 aliphatic rings. The number of pyridine rings is 2. The van der Waals surface area contributed by atoms with Crippen LogP contribution in [0.15, 0.2) is 65.9 Å².